The lowest BCUT2D eigenvalue weighted by Crippen LogP contribution is -2.32. The van der Waals surface area contributed by atoms with Crippen molar-refractivity contribution in [2.24, 2.45) is 0 Å². The number of rotatable bonds is 26. The molecule has 16 heteroatoms. The van der Waals surface area contributed by atoms with Gasteiger partial charge in [0.2, 0.25) is 0 Å². The zero-order valence-electron chi connectivity index (χ0n) is 24.5. The fourth-order valence-electron chi connectivity index (χ4n) is 3.59. The average molecular weight is 619 g/mol. The Bertz CT molecular complexity index is 797. The number of unbranched alkanes of at least 4 members (excludes halogenated alkanes) is 2. The molecule has 0 spiro atoms. The van der Waals surface area contributed by atoms with E-state index in [4.69, 9.17) is 38.1 Å². The molecule has 0 aromatic carbocycles. The van der Waals surface area contributed by atoms with Crippen LogP contribution in [-0.4, -0.2) is 125 Å². The molecule has 4 amide bonds. The molecule has 2 heterocycles. The van der Waals surface area contributed by atoms with Crippen molar-refractivity contribution in [3.63, 3.8) is 0 Å². The summed E-state index contributed by atoms with van der Waals surface area (Å²) in [4.78, 5) is 78.2. The zero-order chi connectivity index (χ0) is 31.1. The first-order chi connectivity index (χ1) is 20.9. The van der Waals surface area contributed by atoms with Crippen molar-refractivity contribution in [2.45, 2.75) is 57.8 Å². The average Bonchev–Trinajstić information content (AvgIpc) is 3.47. The lowest BCUT2D eigenvalue weighted by Gasteiger charge is -2.12. The number of amides is 4. The first kappa shape index (κ1) is 36.2. The Labute approximate surface area is 250 Å². The number of carbonyl (C=O) groups excluding carboxylic acids is 6. The molecule has 244 valence electrons. The van der Waals surface area contributed by atoms with E-state index in [0.29, 0.717) is 69.6 Å². The van der Waals surface area contributed by atoms with Crippen LogP contribution in [0.4, 0.5) is 0 Å². The summed E-state index contributed by atoms with van der Waals surface area (Å²) in [6.07, 6.45) is 2.82. The van der Waals surface area contributed by atoms with Crippen LogP contribution in [0.1, 0.15) is 57.8 Å². The quantitative estimate of drug-likeness (QED) is 0.0950. The molecule has 2 saturated heterocycles. The molecule has 0 aromatic rings. The highest BCUT2D eigenvalue weighted by atomic mass is 16.7. The Morgan fingerprint density at radius 2 is 0.698 bits per heavy atom. The number of imide groups is 2. The van der Waals surface area contributed by atoms with Crippen LogP contribution in [0.3, 0.4) is 0 Å². The van der Waals surface area contributed by atoms with Crippen molar-refractivity contribution in [3.8, 4) is 0 Å². The first-order valence-electron chi connectivity index (χ1n) is 14.5. The van der Waals surface area contributed by atoms with Gasteiger partial charge in [-0.15, -0.1) is 10.1 Å². The number of carbonyl (C=O) groups is 6. The van der Waals surface area contributed by atoms with Crippen molar-refractivity contribution < 1.29 is 66.9 Å². The van der Waals surface area contributed by atoms with Crippen LogP contribution in [0.5, 0.6) is 0 Å². The third-order valence-electron chi connectivity index (χ3n) is 5.86. The minimum Gasteiger partial charge on any atom is -0.379 e. The maximum absolute atomic E-state index is 11.6. The normalized spacial score (nSPS) is 15.2. The van der Waals surface area contributed by atoms with Gasteiger partial charge in [0.1, 0.15) is 0 Å². The summed E-state index contributed by atoms with van der Waals surface area (Å²) in [6.45, 7) is 4.50. The third kappa shape index (κ3) is 16.4. The van der Waals surface area contributed by atoms with Gasteiger partial charge in [-0.25, -0.2) is 9.59 Å². The maximum atomic E-state index is 11.6. The van der Waals surface area contributed by atoms with Crippen molar-refractivity contribution in [3.05, 3.63) is 0 Å². The second-order valence-corrected chi connectivity index (χ2v) is 9.33. The van der Waals surface area contributed by atoms with Gasteiger partial charge in [0.25, 0.3) is 23.6 Å². The van der Waals surface area contributed by atoms with Crippen LogP contribution >= 0.6 is 0 Å². The first-order valence-corrected chi connectivity index (χ1v) is 14.5. The topological polar surface area (TPSA) is 183 Å². The second-order valence-electron chi connectivity index (χ2n) is 9.33. The predicted molar refractivity (Wildman–Crippen MR) is 142 cm³/mol. The molecule has 16 nitrogen and oxygen atoms in total. The zero-order valence-corrected chi connectivity index (χ0v) is 24.5. The highest BCUT2D eigenvalue weighted by Gasteiger charge is 2.33. The molecule has 0 unspecified atom stereocenters. The SMILES string of the molecule is O=C(CCOCCOCCCCCOCCOCCOCCOCCC(=O)ON1C(=O)CCC1=O)ON1C(=O)CCC1=O. The van der Waals surface area contributed by atoms with E-state index < -0.39 is 35.6 Å². The molecule has 0 atom stereocenters. The smallest absolute Gasteiger partial charge is 0.335 e. The fraction of sp³-hybridized carbons (Fsp3) is 0.778. The van der Waals surface area contributed by atoms with Gasteiger partial charge in [0.15, 0.2) is 0 Å². The highest BCUT2D eigenvalue weighted by Crippen LogP contribution is 2.13. The molecule has 2 rings (SSSR count). The van der Waals surface area contributed by atoms with E-state index in [1.54, 1.807) is 0 Å². The number of hydroxylamine groups is 4. The minimum absolute atomic E-state index is 0.0538. The van der Waals surface area contributed by atoms with Crippen LogP contribution in [0, 0.1) is 0 Å². The van der Waals surface area contributed by atoms with Crippen LogP contribution in [-0.2, 0) is 66.9 Å². The molecule has 0 bridgehead atoms. The van der Waals surface area contributed by atoms with E-state index in [-0.39, 0.29) is 58.3 Å². The van der Waals surface area contributed by atoms with Gasteiger partial charge in [0.05, 0.1) is 78.9 Å². The molecule has 43 heavy (non-hydrogen) atoms. The summed E-state index contributed by atoms with van der Waals surface area (Å²) >= 11 is 0. The molecule has 0 aliphatic carbocycles. The van der Waals surface area contributed by atoms with Gasteiger partial charge in [-0.1, -0.05) is 0 Å². The minimum atomic E-state index is -0.705. The molecule has 0 N–H and O–H groups in total. The highest BCUT2D eigenvalue weighted by molar-refractivity contribution is 6.02. The van der Waals surface area contributed by atoms with Crippen molar-refractivity contribution in [1.82, 2.24) is 10.1 Å². The Kier molecular flexibility index (Phi) is 18.9. The lowest BCUT2D eigenvalue weighted by atomic mass is 10.2. The number of hydrogen-bond donors (Lipinski definition) is 0. The van der Waals surface area contributed by atoms with Gasteiger partial charge in [-0.05, 0) is 19.3 Å². The lowest BCUT2D eigenvalue weighted by molar-refractivity contribution is -0.198. The summed E-state index contributed by atoms with van der Waals surface area (Å²) in [5.41, 5.74) is 0. The third-order valence-corrected chi connectivity index (χ3v) is 5.86. The monoisotopic (exact) mass is 618 g/mol. The van der Waals surface area contributed by atoms with E-state index in [0.717, 1.165) is 19.3 Å². The molecule has 0 radical (unpaired) electrons. The van der Waals surface area contributed by atoms with E-state index in [9.17, 15) is 28.8 Å². The molecule has 0 saturated carbocycles. The van der Waals surface area contributed by atoms with E-state index in [1.165, 1.54) is 0 Å². The van der Waals surface area contributed by atoms with Crippen LogP contribution in [0.2, 0.25) is 0 Å². The second kappa shape index (κ2) is 22.5. The van der Waals surface area contributed by atoms with Crippen molar-refractivity contribution in [1.29, 1.82) is 0 Å². The summed E-state index contributed by atoms with van der Waals surface area (Å²) in [7, 11) is 0. The molecule has 2 aliphatic heterocycles. The maximum Gasteiger partial charge on any atom is 0.335 e. The van der Waals surface area contributed by atoms with Crippen molar-refractivity contribution in [2.75, 3.05) is 79.3 Å². The predicted octanol–water partition coefficient (Wildman–Crippen LogP) is 0.251. The van der Waals surface area contributed by atoms with Crippen LogP contribution in [0.15, 0.2) is 0 Å². The fourth-order valence-corrected chi connectivity index (χ4v) is 3.59. The van der Waals surface area contributed by atoms with Gasteiger partial charge in [0, 0.05) is 38.9 Å². The molecule has 2 aliphatic rings. The van der Waals surface area contributed by atoms with E-state index in [1.807, 2.05) is 0 Å². The van der Waals surface area contributed by atoms with E-state index >= 15 is 0 Å². The van der Waals surface area contributed by atoms with Gasteiger partial charge in [-0.2, -0.15) is 0 Å². The number of hydrogen-bond acceptors (Lipinski definition) is 14. The largest absolute Gasteiger partial charge is 0.379 e. The van der Waals surface area contributed by atoms with Gasteiger partial charge < -0.3 is 38.1 Å². The Morgan fingerprint density at radius 3 is 1.02 bits per heavy atom. The van der Waals surface area contributed by atoms with Crippen LogP contribution < -0.4 is 0 Å². The van der Waals surface area contributed by atoms with E-state index in [2.05, 4.69) is 0 Å². The summed E-state index contributed by atoms with van der Waals surface area (Å²) in [6, 6.07) is 0. The van der Waals surface area contributed by atoms with Gasteiger partial charge in [-0.3, -0.25) is 19.2 Å². The van der Waals surface area contributed by atoms with Crippen molar-refractivity contribution >= 4 is 35.6 Å². The molecular weight excluding hydrogens is 576 g/mol. The number of ether oxygens (including phenoxy) is 6. The Morgan fingerprint density at radius 1 is 0.419 bits per heavy atom. The van der Waals surface area contributed by atoms with Crippen LogP contribution in [0.25, 0.3) is 0 Å². The number of nitrogens with zero attached hydrogens (tertiary/aromatic N) is 2. The Hall–Kier alpha value is -3.02. The molecule has 2 fully saturated rings. The Balaban J connectivity index is 1.22. The molecule has 0 aromatic heterocycles. The summed E-state index contributed by atoms with van der Waals surface area (Å²) in [5.74, 6) is -3.45. The molecular formula is C27H42N2O14. The summed E-state index contributed by atoms with van der Waals surface area (Å²) in [5, 5.41) is 1.03. The standard InChI is InChI=1S/C27H42N2O14/c30-22-4-5-23(31)28(22)42-26(34)8-12-38-16-14-36-10-2-1-3-11-37-15-18-40-20-21-41-19-17-39-13-9-27(35)43-29-24(32)6-7-25(29)33/h1-21H2. The summed E-state index contributed by atoms with van der Waals surface area (Å²) < 4.78 is 32.3. The van der Waals surface area contributed by atoms with Gasteiger partial charge >= 0.3 is 11.9 Å².